The molecule has 0 aromatic rings. The van der Waals surface area contributed by atoms with Crippen molar-refractivity contribution in [3.8, 4) is 0 Å². The highest BCUT2D eigenvalue weighted by molar-refractivity contribution is 5.78. The molecule has 5 nitrogen and oxygen atoms in total. The lowest BCUT2D eigenvalue weighted by Gasteiger charge is -2.22. The van der Waals surface area contributed by atoms with Crippen molar-refractivity contribution in [3.63, 3.8) is 0 Å². The molecule has 1 atom stereocenters. The van der Waals surface area contributed by atoms with Gasteiger partial charge in [-0.25, -0.2) is 4.79 Å². The van der Waals surface area contributed by atoms with Crippen LogP contribution in [-0.4, -0.2) is 23.7 Å². The minimum absolute atomic E-state index is 0.629. The van der Waals surface area contributed by atoms with Crippen LogP contribution in [0.1, 0.15) is 27.7 Å². The molecular weight excluding hydrogens is 174 g/mol. The van der Waals surface area contributed by atoms with Crippen molar-refractivity contribution in [1.82, 2.24) is 5.32 Å². The van der Waals surface area contributed by atoms with Crippen molar-refractivity contribution in [2.75, 3.05) is 0 Å². The van der Waals surface area contributed by atoms with Gasteiger partial charge in [-0.3, -0.25) is 0 Å². The Morgan fingerprint density at radius 2 is 1.85 bits per heavy atom. The Morgan fingerprint density at radius 3 is 2.15 bits per heavy atom. The van der Waals surface area contributed by atoms with Crippen molar-refractivity contribution < 1.29 is 19.4 Å². The van der Waals surface area contributed by atoms with Crippen LogP contribution in [0.4, 0.5) is 4.79 Å². The molecule has 1 amide bonds. The van der Waals surface area contributed by atoms with E-state index in [0.29, 0.717) is 0 Å². The van der Waals surface area contributed by atoms with E-state index >= 15 is 0 Å². The lowest BCUT2D eigenvalue weighted by Crippen LogP contribution is -2.47. The van der Waals surface area contributed by atoms with E-state index < -0.39 is 23.7 Å². The second-order valence-corrected chi connectivity index (χ2v) is 3.69. The van der Waals surface area contributed by atoms with Crippen LogP contribution >= 0.6 is 0 Å². The highest BCUT2D eigenvalue weighted by Crippen LogP contribution is 2.06. The average Bonchev–Trinajstić information content (AvgIpc) is 1.81. The number of rotatable bonds is 2. The molecule has 0 aromatic carbocycles. The van der Waals surface area contributed by atoms with Gasteiger partial charge < -0.3 is 20.0 Å². The number of carbonyl (C=O) groups excluding carboxylic acids is 2. The molecule has 76 valence electrons. The molecule has 0 radical (unpaired) electrons. The van der Waals surface area contributed by atoms with Gasteiger partial charge in [0.1, 0.15) is 5.60 Å². The van der Waals surface area contributed by atoms with Crippen molar-refractivity contribution in [1.29, 1.82) is 0 Å². The first-order chi connectivity index (χ1) is 5.72. The van der Waals surface area contributed by atoms with E-state index in [9.17, 15) is 14.7 Å². The minimum Gasteiger partial charge on any atom is -0.548 e. The van der Waals surface area contributed by atoms with E-state index in [1.54, 1.807) is 20.8 Å². The Hall–Kier alpha value is -1.26. The normalized spacial score (nSPS) is 13.2. The maximum Gasteiger partial charge on any atom is 0.408 e. The third-order valence-corrected chi connectivity index (χ3v) is 1.09. The topological polar surface area (TPSA) is 78.5 Å². The molecule has 1 unspecified atom stereocenters. The second-order valence-electron chi connectivity index (χ2n) is 3.69. The van der Waals surface area contributed by atoms with E-state index in [2.05, 4.69) is 5.32 Å². The number of amides is 1. The van der Waals surface area contributed by atoms with Gasteiger partial charge in [0.25, 0.3) is 0 Å². The van der Waals surface area contributed by atoms with Gasteiger partial charge in [-0.2, -0.15) is 0 Å². The third kappa shape index (κ3) is 5.95. The molecule has 13 heavy (non-hydrogen) atoms. The zero-order valence-corrected chi connectivity index (χ0v) is 8.21. The van der Waals surface area contributed by atoms with Crippen LogP contribution in [0.5, 0.6) is 0 Å². The fourth-order valence-corrected chi connectivity index (χ4v) is 0.543. The number of carbonyl (C=O) groups is 2. The standard InChI is InChI=1S/C8H15NO4/c1-5(6(10)11)9-7(12)13-8(2,3)4/h5H,1-4H3,(H,9,12)(H,10,11)/p-1. The summed E-state index contributed by atoms with van der Waals surface area (Å²) in [5.74, 6) is -1.34. The number of hydrogen-bond donors (Lipinski definition) is 1. The van der Waals surface area contributed by atoms with Crippen LogP contribution in [0.25, 0.3) is 0 Å². The number of hydrogen-bond acceptors (Lipinski definition) is 4. The number of ether oxygens (including phenoxy) is 1. The van der Waals surface area contributed by atoms with Gasteiger partial charge in [0.2, 0.25) is 0 Å². The first-order valence-corrected chi connectivity index (χ1v) is 3.93. The van der Waals surface area contributed by atoms with Gasteiger partial charge in [-0.05, 0) is 27.7 Å². The number of alkyl carbamates (subject to hydrolysis) is 1. The minimum atomic E-state index is -1.34. The van der Waals surface area contributed by atoms with Gasteiger partial charge >= 0.3 is 6.09 Å². The summed E-state index contributed by atoms with van der Waals surface area (Å²) in [5.41, 5.74) is -0.629. The number of aliphatic carboxylic acids is 1. The Kier molecular flexibility index (Phi) is 3.71. The van der Waals surface area contributed by atoms with Gasteiger partial charge in [-0.15, -0.1) is 0 Å². The van der Waals surface area contributed by atoms with Crippen molar-refractivity contribution in [3.05, 3.63) is 0 Å². The maximum absolute atomic E-state index is 10.9. The molecule has 0 bridgehead atoms. The van der Waals surface area contributed by atoms with Crippen molar-refractivity contribution in [2.24, 2.45) is 0 Å². The van der Waals surface area contributed by atoms with Crippen LogP contribution < -0.4 is 10.4 Å². The molecule has 1 N–H and O–H groups in total. The number of carboxylic acid groups (broad SMARTS) is 1. The largest absolute Gasteiger partial charge is 0.548 e. The van der Waals surface area contributed by atoms with E-state index in [-0.39, 0.29) is 0 Å². The molecule has 0 saturated heterocycles. The van der Waals surface area contributed by atoms with Crippen LogP contribution in [0.2, 0.25) is 0 Å². The van der Waals surface area contributed by atoms with E-state index in [0.717, 1.165) is 0 Å². The summed E-state index contributed by atoms with van der Waals surface area (Å²) in [6.45, 7) is 6.38. The highest BCUT2D eigenvalue weighted by Gasteiger charge is 2.17. The van der Waals surface area contributed by atoms with Gasteiger partial charge in [0, 0.05) is 0 Å². The summed E-state index contributed by atoms with van der Waals surface area (Å²) < 4.78 is 4.82. The summed E-state index contributed by atoms with van der Waals surface area (Å²) in [4.78, 5) is 21.2. The van der Waals surface area contributed by atoms with Gasteiger partial charge in [0.05, 0.1) is 12.0 Å². The molecule has 0 heterocycles. The summed E-state index contributed by atoms with van der Waals surface area (Å²) in [6, 6.07) is -1.05. The van der Waals surface area contributed by atoms with Crippen molar-refractivity contribution in [2.45, 2.75) is 39.3 Å². The molecule has 0 aliphatic carbocycles. The average molecular weight is 188 g/mol. The lowest BCUT2D eigenvalue weighted by atomic mass is 10.2. The van der Waals surface area contributed by atoms with Gasteiger partial charge in [-0.1, -0.05) is 0 Å². The summed E-state index contributed by atoms with van der Waals surface area (Å²) in [6.07, 6.45) is -0.760. The summed E-state index contributed by atoms with van der Waals surface area (Å²) >= 11 is 0. The molecule has 0 aliphatic heterocycles. The molecule has 0 aromatic heterocycles. The molecule has 5 heteroatoms. The fourth-order valence-electron chi connectivity index (χ4n) is 0.543. The zero-order valence-electron chi connectivity index (χ0n) is 8.21. The SMILES string of the molecule is CC(NC(=O)OC(C)(C)C)C(=O)[O-]. The zero-order chi connectivity index (χ0) is 10.6. The fraction of sp³-hybridized carbons (Fsp3) is 0.750. The first-order valence-electron chi connectivity index (χ1n) is 3.93. The maximum atomic E-state index is 10.9. The first kappa shape index (κ1) is 11.7. The monoisotopic (exact) mass is 188 g/mol. The molecular formula is C8H14NO4-. The van der Waals surface area contributed by atoms with E-state index in [1.807, 2.05) is 0 Å². The highest BCUT2D eigenvalue weighted by atomic mass is 16.6. The summed E-state index contributed by atoms with van der Waals surface area (Å²) in [5, 5.41) is 12.3. The van der Waals surface area contributed by atoms with Gasteiger partial charge in [0.15, 0.2) is 0 Å². The van der Waals surface area contributed by atoms with E-state index in [4.69, 9.17) is 4.74 Å². The van der Waals surface area contributed by atoms with Crippen LogP contribution in [-0.2, 0) is 9.53 Å². The third-order valence-electron chi connectivity index (χ3n) is 1.09. The molecule has 0 rings (SSSR count). The Balaban J connectivity index is 3.96. The van der Waals surface area contributed by atoms with Crippen molar-refractivity contribution >= 4 is 12.1 Å². The predicted octanol–water partition coefficient (Wildman–Crippen LogP) is -0.351. The molecule has 0 spiro atoms. The quantitative estimate of drug-likeness (QED) is 0.642. The Bertz CT molecular complexity index is 207. The predicted molar refractivity (Wildman–Crippen MR) is 43.8 cm³/mol. The van der Waals surface area contributed by atoms with Crippen LogP contribution in [0.3, 0.4) is 0 Å². The smallest absolute Gasteiger partial charge is 0.408 e. The lowest BCUT2D eigenvalue weighted by molar-refractivity contribution is -0.307. The van der Waals surface area contributed by atoms with Crippen LogP contribution in [0, 0.1) is 0 Å². The summed E-state index contributed by atoms with van der Waals surface area (Å²) in [7, 11) is 0. The molecule has 0 aliphatic rings. The molecule has 0 saturated carbocycles. The molecule has 0 fully saturated rings. The second kappa shape index (κ2) is 4.11. The Morgan fingerprint density at radius 1 is 1.38 bits per heavy atom. The van der Waals surface area contributed by atoms with Crippen LogP contribution in [0.15, 0.2) is 0 Å². The number of nitrogens with one attached hydrogen (secondary N) is 1. The van der Waals surface area contributed by atoms with E-state index in [1.165, 1.54) is 6.92 Å². The Labute approximate surface area is 77.1 Å². The number of carboxylic acids is 1.